The average Bonchev–Trinajstić information content (AvgIpc) is 1.82. The van der Waals surface area contributed by atoms with Crippen LogP contribution in [0.25, 0.3) is 0 Å². The maximum absolute atomic E-state index is 5.64. The van der Waals surface area contributed by atoms with Gasteiger partial charge in [-0.2, -0.15) is 0 Å². The van der Waals surface area contributed by atoms with Crippen LogP contribution >= 0.6 is 24.2 Å². The van der Waals surface area contributed by atoms with Crippen molar-refractivity contribution in [2.24, 2.45) is 16.6 Å². The zero-order chi connectivity index (χ0) is 8.85. The molecule has 0 atom stereocenters. The number of halogens is 1. The lowest BCUT2D eigenvalue weighted by molar-refractivity contribution is 0.751. The van der Waals surface area contributed by atoms with E-state index in [1.165, 1.54) is 0 Å². The van der Waals surface area contributed by atoms with Crippen molar-refractivity contribution >= 4 is 29.3 Å². The van der Waals surface area contributed by atoms with Crippen molar-refractivity contribution in [2.75, 3.05) is 5.75 Å². The van der Waals surface area contributed by atoms with Gasteiger partial charge in [-0.1, -0.05) is 25.6 Å². The van der Waals surface area contributed by atoms with Crippen molar-refractivity contribution in [1.29, 1.82) is 0 Å². The van der Waals surface area contributed by atoms with E-state index in [0.29, 0.717) is 17.1 Å². The number of nitrogens with zero attached hydrogens (tertiary/aromatic N) is 1. The van der Waals surface area contributed by atoms with E-state index in [1.807, 2.05) is 13.8 Å². The van der Waals surface area contributed by atoms with E-state index in [1.54, 1.807) is 11.8 Å². The minimum Gasteiger partial charge on any atom is -0.379 e. The zero-order valence-corrected chi connectivity index (χ0v) is 9.84. The maximum Gasteiger partial charge on any atom is 0.154 e. The van der Waals surface area contributed by atoms with E-state index >= 15 is 0 Å². The number of aliphatic imine (C=N–C) groups is 1. The number of rotatable bonds is 3. The van der Waals surface area contributed by atoms with E-state index in [2.05, 4.69) is 18.8 Å². The minimum atomic E-state index is 0. The van der Waals surface area contributed by atoms with Gasteiger partial charge < -0.3 is 5.73 Å². The van der Waals surface area contributed by atoms with Crippen molar-refractivity contribution in [3.63, 3.8) is 0 Å². The van der Waals surface area contributed by atoms with Crippen LogP contribution in [0.3, 0.4) is 0 Å². The fraction of sp³-hybridized carbons (Fsp3) is 0.875. The molecule has 0 heterocycles. The molecule has 0 aliphatic heterocycles. The van der Waals surface area contributed by atoms with Crippen LogP contribution in [0.1, 0.15) is 27.7 Å². The Kier molecular flexibility index (Phi) is 9.44. The summed E-state index contributed by atoms with van der Waals surface area (Å²) in [5.74, 6) is 1.74. The first-order valence-electron chi connectivity index (χ1n) is 3.98. The predicted octanol–water partition coefficient (Wildman–Crippen LogP) is 2.52. The number of amidine groups is 1. The fourth-order valence-electron chi connectivity index (χ4n) is 0.544. The molecule has 12 heavy (non-hydrogen) atoms. The summed E-state index contributed by atoms with van der Waals surface area (Å²) < 4.78 is 0. The number of nitrogens with two attached hydrogens (primary N) is 1. The Morgan fingerprint density at radius 1 is 1.33 bits per heavy atom. The van der Waals surface area contributed by atoms with Gasteiger partial charge in [-0.25, -0.2) is 0 Å². The molecule has 4 heteroatoms. The van der Waals surface area contributed by atoms with Gasteiger partial charge in [-0.05, 0) is 19.8 Å². The summed E-state index contributed by atoms with van der Waals surface area (Å²) in [6.07, 6.45) is 0. The van der Waals surface area contributed by atoms with Gasteiger partial charge in [0.15, 0.2) is 5.17 Å². The van der Waals surface area contributed by atoms with Gasteiger partial charge in [-0.3, -0.25) is 4.99 Å². The number of hydrogen-bond donors (Lipinski definition) is 1. The highest BCUT2D eigenvalue weighted by Crippen LogP contribution is 2.07. The third kappa shape index (κ3) is 10.1. The van der Waals surface area contributed by atoms with Crippen molar-refractivity contribution in [3.8, 4) is 0 Å². The van der Waals surface area contributed by atoms with Gasteiger partial charge in [0.2, 0.25) is 0 Å². The van der Waals surface area contributed by atoms with Crippen LogP contribution in [0.2, 0.25) is 0 Å². The molecular formula is C8H19ClN2S. The molecule has 0 aromatic carbocycles. The second-order valence-electron chi connectivity index (χ2n) is 3.27. The van der Waals surface area contributed by atoms with Gasteiger partial charge in [0.1, 0.15) is 0 Å². The van der Waals surface area contributed by atoms with Crippen LogP contribution in [0.15, 0.2) is 4.99 Å². The van der Waals surface area contributed by atoms with Crippen molar-refractivity contribution in [1.82, 2.24) is 0 Å². The molecule has 0 aromatic heterocycles. The molecule has 0 saturated carbocycles. The summed E-state index contributed by atoms with van der Waals surface area (Å²) in [4.78, 5) is 4.21. The quantitative estimate of drug-likeness (QED) is 0.575. The SMILES string of the molecule is CC(C)CSC(N)=NC(C)C.Cl. The van der Waals surface area contributed by atoms with E-state index in [0.717, 1.165) is 5.75 Å². The Balaban J connectivity index is 0. The Hall–Kier alpha value is 0.110. The lowest BCUT2D eigenvalue weighted by Crippen LogP contribution is -2.11. The molecule has 0 aliphatic rings. The first kappa shape index (κ1) is 14.6. The van der Waals surface area contributed by atoms with Crippen LogP contribution in [0.4, 0.5) is 0 Å². The second kappa shape index (κ2) is 7.74. The lowest BCUT2D eigenvalue weighted by atomic mass is 10.3. The summed E-state index contributed by atoms with van der Waals surface area (Å²) in [6.45, 7) is 8.41. The largest absolute Gasteiger partial charge is 0.379 e. The molecule has 0 radical (unpaired) electrons. The number of thioether (sulfide) groups is 1. The van der Waals surface area contributed by atoms with Crippen molar-refractivity contribution in [2.45, 2.75) is 33.7 Å². The average molecular weight is 211 g/mol. The third-order valence-electron chi connectivity index (χ3n) is 0.950. The van der Waals surface area contributed by atoms with Crippen molar-refractivity contribution < 1.29 is 0 Å². The molecule has 0 rings (SSSR count). The molecule has 0 bridgehead atoms. The van der Waals surface area contributed by atoms with Gasteiger partial charge >= 0.3 is 0 Å². The highest BCUT2D eigenvalue weighted by Gasteiger charge is 1.98. The summed E-state index contributed by atoms with van der Waals surface area (Å²) >= 11 is 1.64. The van der Waals surface area contributed by atoms with Gasteiger partial charge in [0, 0.05) is 11.8 Å². The Morgan fingerprint density at radius 2 is 1.83 bits per heavy atom. The van der Waals surface area contributed by atoms with Crippen LogP contribution in [-0.2, 0) is 0 Å². The molecule has 0 amide bonds. The standard InChI is InChI=1S/C8H18N2S.ClH/c1-6(2)5-11-8(9)10-7(3)4;/h6-7H,5H2,1-4H3,(H2,9,10);1H. The first-order chi connectivity index (χ1) is 5.02. The predicted molar refractivity (Wildman–Crippen MR) is 61.3 cm³/mol. The van der Waals surface area contributed by atoms with E-state index < -0.39 is 0 Å². The Labute approximate surface area is 85.8 Å². The molecule has 0 fully saturated rings. The number of hydrogen-bond acceptors (Lipinski definition) is 2. The first-order valence-corrected chi connectivity index (χ1v) is 4.97. The maximum atomic E-state index is 5.64. The molecule has 0 unspecified atom stereocenters. The fourth-order valence-corrected chi connectivity index (χ4v) is 1.33. The van der Waals surface area contributed by atoms with Crippen molar-refractivity contribution in [3.05, 3.63) is 0 Å². The van der Waals surface area contributed by atoms with Crippen LogP contribution in [0.5, 0.6) is 0 Å². The minimum absolute atomic E-state index is 0. The third-order valence-corrected chi connectivity index (χ3v) is 2.18. The second-order valence-corrected chi connectivity index (χ2v) is 4.31. The molecule has 0 spiro atoms. The summed E-state index contributed by atoms with van der Waals surface area (Å²) in [6, 6.07) is 0.315. The highest BCUT2D eigenvalue weighted by atomic mass is 35.5. The smallest absolute Gasteiger partial charge is 0.154 e. The highest BCUT2D eigenvalue weighted by molar-refractivity contribution is 8.13. The van der Waals surface area contributed by atoms with E-state index in [4.69, 9.17) is 5.73 Å². The Bertz CT molecular complexity index is 135. The molecule has 0 saturated heterocycles. The molecule has 2 N–H and O–H groups in total. The molecule has 2 nitrogen and oxygen atoms in total. The molecule has 74 valence electrons. The van der Waals surface area contributed by atoms with E-state index in [-0.39, 0.29) is 12.4 Å². The molecule has 0 aliphatic carbocycles. The lowest BCUT2D eigenvalue weighted by Gasteiger charge is -2.04. The van der Waals surface area contributed by atoms with Gasteiger partial charge in [-0.15, -0.1) is 12.4 Å². The Morgan fingerprint density at radius 3 is 2.17 bits per heavy atom. The molecular weight excluding hydrogens is 192 g/mol. The van der Waals surface area contributed by atoms with Crippen LogP contribution in [0, 0.1) is 5.92 Å². The summed E-state index contributed by atoms with van der Waals surface area (Å²) in [7, 11) is 0. The summed E-state index contributed by atoms with van der Waals surface area (Å²) in [5.41, 5.74) is 5.64. The summed E-state index contributed by atoms with van der Waals surface area (Å²) in [5, 5.41) is 0.716. The van der Waals surface area contributed by atoms with Crippen LogP contribution in [-0.4, -0.2) is 17.0 Å². The topological polar surface area (TPSA) is 38.4 Å². The molecule has 0 aromatic rings. The van der Waals surface area contributed by atoms with Gasteiger partial charge in [0.05, 0.1) is 0 Å². The van der Waals surface area contributed by atoms with E-state index in [9.17, 15) is 0 Å². The van der Waals surface area contributed by atoms with Crippen LogP contribution < -0.4 is 5.73 Å². The van der Waals surface area contributed by atoms with Gasteiger partial charge in [0.25, 0.3) is 0 Å². The normalized spacial score (nSPS) is 12.0. The zero-order valence-electron chi connectivity index (χ0n) is 8.20. The monoisotopic (exact) mass is 210 g/mol.